The Bertz CT molecular complexity index is 1090. The first-order valence-corrected chi connectivity index (χ1v) is 13.1. The molecule has 4 rings (SSSR count). The van der Waals surface area contributed by atoms with Crippen molar-refractivity contribution in [1.82, 2.24) is 19.9 Å². The molecule has 0 N–H and O–H groups in total. The van der Waals surface area contributed by atoms with Crippen molar-refractivity contribution in [3.05, 3.63) is 41.0 Å². The lowest BCUT2D eigenvalue weighted by molar-refractivity contribution is 0.130. The quantitative estimate of drug-likeness (QED) is 0.648. The van der Waals surface area contributed by atoms with Crippen molar-refractivity contribution < 1.29 is 26.9 Å². The number of halogens is 1. The van der Waals surface area contributed by atoms with Gasteiger partial charge in [-0.15, -0.1) is 0 Å². The van der Waals surface area contributed by atoms with E-state index < -0.39 is 9.84 Å². The summed E-state index contributed by atoms with van der Waals surface area (Å²) in [5.41, 5.74) is 1.45. The van der Waals surface area contributed by atoms with Gasteiger partial charge in [0, 0.05) is 32.1 Å². The number of hydrogen-bond acceptors (Lipinski definition) is 7. The van der Waals surface area contributed by atoms with E-state index in [1.54, 1.807) is 21.9 Å². The third-order valence-electron chi connectivity index (χ3n) is 6.31. The molecule has 0 aliphatic carbocycles. The summed E-state index contributed by atoms with van der Waals surface area (Å²) in [4.78, 5) is 20.9. The van der Waals surface area contributed by atoms with Gasteiger partial charge >= 0.3 is 12.0 Å². The lowest BCUT2D eigenvalue weighted by Gasteiger charge is -2.40. The number of rotatable bonds is 5. The average Bonchev–Trinajstić information content (AvgIpc) is 3.27. The number of urea groups is 1. The van der Waals surface area contributed by atoms with E-state index in [4.69, 9.17) is 9.26 Å². The normalized spacial score (nSPS) is 22.9. The second-order valence-corrected chi connectivity index (χ2v) is 10.8. The monoisotopic (exact) mass is 480 g/mol. The Labute approximate surface area is 192 Å². The molecule has 2 amide bonds. The van der Waals surface area contributed by atoms with Crippen LogP contribution in [0.2, 0.25) is 0 Å². The topological polar surface area (TPSA) is 106 Å². The van der Waals surface area contributed by atoms with Gasteiger partial charge < -0.3 is 19.1 Å². The van der Waals surface area contributed by atoms with Gasteiger partial charge in [0.15, 0.2) is 9.84 Å². The summed E-state index contributed by atoms with van der Waals surface area (Å²) < 4.78 is 48.8. The van der Waals surface area contributed by atoms with Gasteiger partial charge in [-0.1, -0.05) is 19.1 Å². The molecule has 11 heteroatoms. The molecule has 1 aromatic carbocycles. The molecule has 0 unspecified atom stereocenters. The van der Waals surface area contributed by atoms with Crippen LogP contribution >= 0.6 is 0 Å². The molecule has 180 valence electrons. The Balaban J connectivity index is 1.59. The van der Waals surface area contributed by atoms with Crippen LogP contribution in [0.5, 0.6) is 6.01 Å². The van der Waals surface area contributed by atoms with Crippen molar-refractivity contribution in [2.45, 2.75) is 38.5 Å². The minimum atomic E-state index is -3.10. The van der Waals surface area contributed by atoms with E-state index in [0.29, 0.717) is 44.0 Å². The predicted molar refractivity (Wildman–Crippen MR) is 119 cm³/mol. The van der Waals surface area contributed by atoms with E-state index in [2.05, 4.69) is 10.1 Å². The van der Waals surface area contributed by atoms with E-state index in [-0.39, 0.29) is 54.3 Å². The number of piperidine rings is 1. The van der Waals surface area contributed by atoms with Crippen molar-refractivity contribution in [3.63, 3.8) is 0 Å². The number of aryl methyl sites for hydroxylation is 1. The fourth-order valence-electron chi connectivity index (χ4n) is 4.46. The number of carbonyl (C=O) groups is 1. The van der Waals surface area contributed by atoms with E-state index in [9.17, 15) is 17.6 Å². The molecular formula is C22H29FN4O5S. The van der Waals surface area contributed by atoms with Gasteiger partial charge in [0.2, 0.25) is 5.89 Å². The lowest BCUT2D eigenvalue weighted by atomic mass is 9.84. The molecule has 2 saturated heterocycles. The maximum Gasteiger partial charge on any atom is 0.354 e. The number of ether oxygens (including phenoxy) is 1. The van der Waals surface area contributed by atoms with Crippen molar-refractivity contribution >= 4 is 15.9 Å². The number of nitrogens with zero attached hydrogens (tertiary/aromatic N) is 4. The number of amides is 2. The Hall–Kier alpha value is -2.69. The van der Waals surface area contributed by atoms with Crippen LogP contribution in [0.15, 0.2) is 22.7 Å². The van der Waals surface area contributed by atoms with Gasteiger partial charge in [0.25, 0.3) is 0 Å². The zero-order valence-corrected chi connectivity index (χ0v) is 19.7. The standard InChI is InChI=1S/C22H29FN4O5S/c1-3-15-5-6-16(12-19(15)23)17-11-18(20-24-21(25-32-20)31-4-2)14-27(13-17)22(28)26-7-9-33(29,30)10-8-26/h5-6,12,17-18H,3-4,7-11,13-14H2,1-2H3/t17-,18+/m0/s1. The largest absolute Gasteiger partial charge is 0.462 e. The number of sulfone groups is 1. The molecule has 2 aromatic rings. The number of aromatic nitrogens is 2. The highest BCUT2D eigenvalue weighted by Crippen LogP contribution is 2.36. The van der Waals surface area contributed by atoms with Gasteiger partial charge in [-0.2, -0.15) is 4.98 Å². The van der Waals surface area contributed by atoms with Gasteiger partial charge in [0.05, 0.1) is 24.0 Å². The third kappa shape index (κ3) is 5.29. The summed E-state index contributed by atoms with van der Waals surface area (Å²) >= 11 is 0. The fraction of sp³-hybridized carbons (Fsp3) is 0.591. The molecule has 2 aliphatic rings. The van der Waals surface area contributed by atoms with Gasteiger partial charge in [0.1, 0.15) is 5.82 Å². The zero-order chi connectivity index (χ0) is 23.6. The lowest BCUT2D eigenvalue weighted by Crippen LogP contribution is -2.53. The minimum absolute atomic E-state index is 0.0372. The molecule has 1 aromatic heterocycles. The summed E-state index contributed by atoms with van der Waals surface area (Å²) in [7, 11) is -3.10. The molecule has 9 nitrogen and oxygen atoms in total. The van der Waals surface area contributed by atoms with Crippen LogP contribution in [0, 0.1) is 5.82 Å². The van der Waals surface area contributed by atoms with E-state index in [1.165, 1.54) is 0 Å². The number of likely N-dealkylation sites (tertiary alicyclic amines) is 1. The molecule has 0 bridgehead atoms. The first kappa shape index (κ1) is 23.5. The molecule has 0 saturated carbocycles. The van der Waals surface area contributed by atoms with Crippen molar-refractivity contribution in [1.29, 1.82) is 0 Å². The third-order valence-corrected chi connectivity index (χ3v) is 7.92. The van der Waals surface area contributed by atoms with Crippen LogP contribution in [-0.4, -0.2) is 78.7 Å². The second-order valence-electron chi connectivity index (χ2n) is 8.51. The van der Waals surface area contributed by atoms with Crippen LogP contribution in [-0.2, 0) is 16.3 Å². The molecule has 2 fully saturated rings. The highest BCUT2D eigenvalue weighted by molar-refractivity contribution is 7.91. The summed E-state index contributed by atoms with van der Waals surface area (Å²) in [5, 5.41) is 3.84. The fourth-order valence-corrected chi connectivity index (χ4v) is 5.66. The highest BCUT2D eigenvalue weighted by Gasteiger charge is 2.37. The predicted octanol–water partition coefficient (Wildman–Crippen LogP) is 2.59. The summed E-state index contributed by atoms with van der Waals surface area (Å²) in [6.45, 7) is 5.21. The van der Waals surface area contributed by atoms with Crippen LogP contribution in [0.4, 0.5) is 9.18 Å². The van der Waals surface area contributed by atoms with E-state index in [1.807, 2.05) is 19.9 Å². The second kappa shape index (κ2) is 9.66. The van der Waals surface area contributed by atoms with Crippen LogP contribution in [0.3, 0.4) is 0 Å². The number of hydrogen-bond donors (Lipinski definition) is 0. The number of carbonyl (C=O) groups excluding carboxylic acids is 1. The molecule has 0 spiro atoms. The minimum Gasteiger partial charge on any atom is -0.462 e. The Morgan fingerprint density at radius 3 is 2.58 bits per heavy atom. The Morgan fingerprint density at radius 1 is 1.18 bits per heavy atom. The van der Waals surface area contributed by atoms with Gasteiger partial charge in [-0.25, -0.2) is 17.6 Å². The molecule has 33 heavy (non-hydrogen) atoms. The van der Waals surface area contributed by atoms with Crippen molar-refractivity contribution in [3.8, 4) is 6.01 Å². The van der Waals surface area contributed by atoms with E-state index >= 15 is 0 Å². The Morgan fingerprint density at radius 2 is 1.91 bits per heavy atom. The molecule has 0 radical (unpaired) electrons. The molecule has 2 aliphatic heterocycles. The van der Waals surface area contributed by atoms with Crippen LogP contribution in [0.25, 0.3) is 0 Å². The molecular weight excluding hydrogens is 451 g/mol. The first-order chi connectivity index (χ1) is 15.8. The van der Waals surface area contributed by atoms with E-state index in [0.717, 1.165) is 5.56 Å². The van der Waals surface area contributed by atoms with Gasteiger partial charge in [-0.05, 0) is 42.1 Å². The SMILES string of the molecule is CCOc1noc([C@@H]2C[C@H](c3ccc(CC)c(F)c3)CN(C(=O)N3CCS(=O)(=O)CC3)C2)n1. The van der Waals surface area contributed by atoms with Crippen molar-refractivity contribution in [2.24, 2.45) is 0 Å². The Kier molecular flexibility index (Phi) is 6.87. The molecule has 2 atom stereocenters. The summed E-state index contributed by atoms with van der Waals surface area (Å²) in [6, 6.07) is 5.16. The molecule has 3 heterocycles. The van der Waals surface area contributed by atoms with Crippen molar-refractivity contribution in [2.75, 3.05) is 44.3 Å². The van der Waals surface area contributed by atoms with Gasteiger partial charge in [-0.3, -0.25) is 0 Å². The number of benzene rings is 1. The highest BCUT2D eigenvalue weighted by atomic mass is 32.2. The summed E-state index contributed by atoms with van der Waals surface area (Å²) in [6.07, 6.45) is 1.21. The average molecular weight is 481 g/mol. The summed E-state index contributed by atoms with van der Waals surface area (Å²) in [5.74, 6) is -0.351. The van der Waals surface area contributed by atoms with Crippen LogP contribution < -0.4 is 4.74 Å². The maximum atomic E-state index is 14.5. The first-order valence-electron chi connectivity index (χ1n) is 11.3. The maximum absolute atomic E-state index is 14.5. The van der Waals surface area contributed by atoms with Crippen LogP contribution in [0.1, 0.15) is 49.1 Å². The smallest absolute Gasteiger partial charge is 0.354 e. The zero-order valence-electron chi connectivity index (χ0n) is 18.9.